The number of pyridine rings is 1. The van der Waals surface area contributed by atoms with Crippen molar-refractivity contribution in [2.75, 3.05) is 4.72 Å². The molecule has 1 aromatic heterocycles. The molecule has 0 fully saturated rings. The number of halogens is 2. The SMILES string of the molecule is Cc1cc(NS(=O)(=O)c2cc(CN)ccc2Br)ncc1Br. The van der Waals surface area contributed by atoms with Crippen LogP contribution in [0.1, 0.15) is 11.1 Å². The summed E-state index contributed by atoms with van der Waals surface area (Å²) in [6, 6.07) is 6.63. The third-order valence-corrected chi connectivity index (χ3v) is 5.99. The third-order valence-electron chi connectivity index (χ3n) is 2.81. The number of nitrogens with one attached hydrogen (secondary N) is 1. The van der Waals surface area contributed by atoms with Crippen LogP contribution in [0.25, 0.3) is 0 Å². The average Bonchev–Trinajstić information content (AvgIpc) is 2.43. The van der Waals surface area contributed by atoms with Crippen LogP contribution in [0.4, 0.5) is 5.82 Å². The zero-order chi connectivity index (χ0) is 15.6. The third kappa shape index (κ3) is 3.82. The smallest absolute Gasteiger partial charge is 0.264 e. The van der Waals surface area contributed by atoms with Crippen LogP contribution in [0.5, 0.6) is 0 Å². The predicted octanol–water partition coefficient (Wildman–Crippen LogP) is 3.17. The number of rotatable bonds is 4. The molecule has 0 spiro atoms. The number of sulfonamides is 1. The second-order valence-corrected chi connectivity index (χ2v) is 7.75. The minimum Gasteiger partial charge on any atom is -0.326 e. The molecule has 0 amide bonds. The van der Waals surface area contributed by atoms with Gasteiger partial charge in [-0.1, -0.05) is 6.07 Å². The Morgan fingerprint density at radius 3 is 2.57 bits per heavy atom. The highest BCUT2D eigenvalue weighted by atomic mass is 79.9. The maximum atomic E-state index is 12.5. The summed E-state index contributed by atoms with van der Waals surface area (Å²) in [4.78, 5) is 4.18. The van der Waals surface area contributed by atoms with Crippen molar-refractivity contribution < 1.29 is 8.42 Å². The van der Waals surface area contributed by atoms with Gasteiger partial charge in [0.1, 0.15) is 10.7 Å². The molecule has 3 N–H and O–H groups in total. The van der Waals surface area contributed by atoms with E-state index < -0.39 is 10.0 Å². The minimum absolute atomic E-state index is 0.132. The number of benzene rings is 1. The van der Waals surface area contributed by atoms with Crippen molar-refractivity contribution in [3.05, 3.63) is 50.5 Å². The number of anilines is 1. The van der Waals surface area contributed by atoms with E-state index in [0.717, 1.165) is 15.6 Å². The molecule has 2 aromatic rings. The topological polar surface area (TPSA) is 85.1 Å². The van der Waals surface area contributed by atoms with E-state index in [1.807, 2.05) is 6.92 Å². The summed E-state index contributed by atoms with van der Waals surface area (Å²) in [5.41, 5.74) is 7.17. The normalized spacial score (nSPS) is 11.4. The molecular weight excluding hydrogens is 422 g/mol. The van der Waals surface area contributed by atoms with Gasteiger partial charge in [-0.15, -0.1) is 0 Å². The molecule has 0 atom stereocenters. The molecule has 0 saturated heterocycles. The van der Waals surface area contributed by atoms with E-state index in [1.165, 1.54) is 6.07 Å². The summed E-state index contributed by atoms with van der Waals surface area (Å²) in [5, 5.41) is 0. The maximum absolute atomic E-state index is 12.5. The van der Waals surface area contributed by atoms with Crippen LogP contribution < -0.4 is 10.5 Å². The molecule has 8 heteroatoms. The van der Waals surface area contributed by atoms with E-state index in [0.29, 0.717) is 4.47 Å². The Morgan fingerprint density at radius 2 is 1.95 bits per heavy atom. The Kier molecular flexibility index (Phi) is 5.03. The number of aromatic nitrogens is 1. The second kappa shape index (κ2) is 6.43. The highest BCUT2D eigenvalue weighted by molar-refractivity contribution is 9.10. The summed E-state index contributed by atoms with van der Waals surface area (Å²) in [6.07, 6.45) is 1.55. The average molecular weight is 435 g/mol. The largest absolute Gasteiger partial charge is 0.326 e. The van der Waals surface area contributed by atoms with E-state index in [1.54, 1.807) is 24.4 Å². The molecule has 0 saturated carbocycles. The van der Waals surface area contributed by atoms with Crippen LogP contribution in [0.2, 0.25) is 0 Å². The van der Waals surface area contributed by atoms with Gasteiger partial charge in [0.2, 0.25) is 0 Å². The molecule has 5 nitrogen and oxygen atoms in total. The Morgan fingerprint density at radius 1 is 1.24 bits per heavy atom. The molecule has 0 aliphatic carbocycles. The van der Waals surface area contributed by atoms with Crippen LogP contribution in [0.15, 0.2) is 44.3 Å². The van der Waals surface area contributed by atoms with Crippen molar-refractivity contribution in [3.63, 3.8) is 0 Å². The van der Waals surface area contributed by atoms with Gasteiger partial charge in [0, 0.05) is 21.7 Å². The van der Waals surface area contributed by atoms with Gasteiger partial charge >= 0.3 is 0 Å². The number of hydrogen-bond acceptors (Lipinski definition) is 4. The fourth-order valence-electron chi connectivity index (χ4n) is 1.67. The molecule has 2 rings (SSSR count). The monoisotopic (exact) mass is 433 g/mol. The Bertz CT molecular complexity index is 779. The van der Waals surface area contributed by atoms with Gasteiger partial charge in [0.15, 0.2) is 0 Å². The molecule has 1 heterocycles. The molecule has 0 bridgehead atoms. The summed E-state index contributed by atoms with van der Waals surface area (Å²) >= 11 is 6.57. The van der Waals surface area contributed by atoms with Crippen LogP contribution >= 0.6 is 31.9 Å². The zero-order valence-corrected chi connectivity index (χ0v) is 15.1. The van der Waals surface area contributed by atoms with E-state index in [9.17, 15) is 8.42 Å². The van der Waals surface area contributed by atoms with Gasteiger partial charge in [-0.3, -0.25) is 4.72 Å². The van der Waals surface area contributed by atoms with Gasteiger partial charge in [0.05, 0.1) is 0 Å². The van der Waals surface area contributed by atoms with Crippen molar-refractivity contribution >= 4 is 47.7 Å². The molecule has 0 radical (unpaired) electrons. The highest BCUT2D eigenvalue weighted by Gasteiger charge is 2.19. The molecule has 0 unspecified atom stereocenters. The quantitative estimate of drug-likeness (QED) is 0.773. The fourth-order valence-corrected chi connectivity index (χ4v) is 3.90. The highest BCUT2D eigenvalue weighted by Crippen LogP contribution is 2.26. The van der Waals surface area contributed by atoms with E-state index in [-0.39, 0.29) is 17.3 Å². The lowest BCUT2D eigenvalue weighted by atomic mass is 10.2. The first-order valence-electron chi connectivity index (χ1n) is 5.97. The standard InChI is InChI=1S/C13H13Br2N3O2S/c1-8-4-13(17-7-11(8)15)18-21(19,20)12-5-9(6-16)2-3-10(12)14/h2-5,7H,6,16H2,1H3,(H,17,18). The fraction of sp³-hybridized carbons (Fsp3) is 0.154. The van der Waals surface area contributed by atoms with Gasteiger partial charge in [-0.2, -0.15) is 0 Å². The lowest BCUT2D eigenvalue weighted by Gasteiger charge is -2.11. The molecule has 112 valence electrons. The lowest BCUT2D eigenvalue weighted by molar-refractivity contribution is 0.600. The van der Waals surface area contributed by atoms with Gasteiger partial charge in [0.25, 0.3) is 10.0 Å². The van der Waals surface area contributed by atoms with Gasteiger partial charge in [-0.05, 0) is 68.1 Å². The maximum Gasteiger partial charge on any atom is 0.264 e. The molecular formula is C13H13Br2N3O2S. The van der Waals surface area contributed by atoms with Crippen molar-refractivity contribution in [1.29, 1.82) is 0 Å². The first kappa shape index (κ1) is 16.4. The predicted molar refractivity (Wildman–Crippen MR) is 89.5 cm³/mol. The molecule has 0 aliphatic rings. The van der Waals surface area contributed by atoms with Crippen molar-refractivity contribution in [1.82, 2.24) is 4.98 Å². The number of nitrogens with zero attached hydrogens (tertiary/aromatic N) is 1. The second-order valence-electron chi connectivity index (χ2n) is 4.39. The van der Waals surface area contributed by atoms with Crippen LogP contribution in [0, 0.1) is 6.92 Å². The van der Waals surface area contributed by atoms with E-state index in [4.69, 9.17) is 5.73 Å². The zero-order valence-electron chi connectivity index (χ0n) is 11.1. The Balaban J connectivity index is 2.40. The van der Waals surface area contributed by atoms with Gasteiger partial charge < -0.3 is 5.73 Å². The van der Waals surface area contributed by atoms with Crippen molar-refractivity contribution in [3.8, 4) is 0 Å². The molecule has 1 aromatic carbocycles. The van der Waals surface area contributed by atoms with E-state index >= 15 is 0 Å². The van der Waals surface area contributed by atoms with Gasteiger partial charge in [-0.25, -0.2) is 13.4 Å². The first-order valence-corrected chi connectivity index (χ1v) is 9.04. The lowest BCUT2D eigenvalue weighted by Crippen LogP contribution is -2.15. The molecule has 0 aliphatic heterocycles. The first-order chi connectivity index (χ1) is 9.83. The summed E-state index contributed by atoms with van der Waals surface area (Å²) in [7, 11) is -3.74. The summed E-state index contributed by atoms with van der Waals surface area (Å²) in [5.74, 6) is 0.265. The van der Waals surface area contributed by atoms with Crippen LogP contribution in [0.3, 0.4) is 0 Å². The number of nitrogens with two attached hydrogens (primary N) is 1. The number of aryl methyl sites for hydroxylation is 1. The Hall–Kier alpha value is -0.960. The minimum atomic E-state index is -3.74. The van der Waals surface area contributed by atoms with Crippen LogP contribution in [-0.4, -0.2) is 13.4 Å². The molecule has 21 heavy (non-hydrogen) atoms. The Labute approximate surface area is 140 Å². The van der Waals surface area contributed by atoms with Crippen molar-refractivity contribution in [2.45, 2.75) is 18.4 Å². The summed E-state index contributed by atoms with van der Waals surface area (Å²) in [6.45, 7) is 2.12. The van der Waals surface area contributed by atoms with Crippen molar-refractivity contribution in [2.24, 2.45) is 5.73 Å². The number of hydrogen-bond donors (Lipinski definition) is 2. The van der Waals surface area contributed by atoms with E-state index in [2.05, 4.69) is 41.6 Å². The summed E-state index contributed by atoms with van der Waals surface area (Å²) < 4.78 is 28.7. The van der Waals surface area contributed by atoms with Crippen LogP contribution in [-0.2, 0) is 16.6 Å².